The van der Waals surface area contributed by atoms with Crippen molar-refractivity contribution in [1.82, 2.24) is 0 Å². The van der Waals surface area contributed by atoms with Gasteiger partial charge in [-0.25, -0.2) is 0 Å². The average Bonchev–Trinajstić information content (AvgIpc) is 2.28. The maximum Gasteiger partial charge on any atom is 0.573 e. The van der Waals surface area contributed by atoms with Crippen LogP contribution >= 0.6 is 15.9 Å². The van der Waals surface area contributed by atoms with Gasteiger partial charge in [0, 0.05) is 5.56 Å². The van der Waals surface area contributed by atoms with Crippen molar-refractivity contribution in [2.24, 2.45) is 0 Å². The highest BCUT2D eigenvalue weighted by molar-refractivity contribution is 9.09. The Bertz CT molecular complexity index is 460. The van der Waals surface area contributed by atoms with Crippen LogP contribution in [0.2, 0.25) is 0 Å². The Balaban J connectivity index is 3.25. The summed E-state index contributed by atoms with van der Waals surface area (Å²) < 4.78 is 46.0. The maximum atomic E-state index is 12.3. The molecule has 0 saturated carbocycles. The van der Waals surface area contributed by atoms with Gasteiger partial charge in [0.25, 0.3) is 0 Å². The fourth-order valence-electron chi connectivity index (χ4n) is 1.46. The molecule has 1 atom stereocenters. The van der Waals surface area contributed by atoms with Crippen LogP contribution in [-0.4, -0.2) is 18.8 Å². The Hall–Kier alpha value is -1.24. The second-order valence-electron chi connectivity index (χ2n) is 3.63. The monoisotopic (exact) mass is 340 g/mol. The van der Waals surface area contributed by atoms with Gasteiger partial charge in [0.15, 0.2) is 11.5 Å². The minimum Gasteiger partial charge on any atom is -0.490 e. The van der Waals surface area contributed by atoms with E-state index in [0.29, 0.717) is 5.56 Å². The molecule has 3 nitrogen and oxygen atoms in total. The Kier molecular flexibility index (Phi) is 5.22. The van der Waals surface area contributed by atoms with Crippen LogP contribution in [0, 0.1) is 0 Å². The number of halogens is 4. The molecule has 0 bridgehead atoms. The smallest absolute Gasteiger partial charge is 0.490 e. The molecule has 19 heavy (non-hydrogen) atoms. The van der Waals surface area contributed by atoms with E-state index in [1.807, 2.05) is 0 Å². The van der Waals surface area contributed by atoms with Crippen LogP contribution in [0.3, 0.4) is 0 Å². The molecule has 0 aromatic heterocycles. The number of carbonyl (C=O) groups is 1. The van der Waals surface area contributed by atoms with E-state index >= 15 is 0 Å². The molecule has 0 N–H and O–H groups in total. The number of ether oxygens (including phenoxy) is 2. The second-order valence-corrected chi connectivity index (χ2v) is 4.54. The third-order valence-corrected chi connectivity index (χ3v) is 3.29. The zero-order chi connectivity index (χ0) is 14.6. The summed E-state index contributed by atoms with van der Waals surface area (Å²) in [6.45, 7) is 3.11. The van der Waals surface area contributed by atoms with Crippen LogP contribution in [0.15, 0.2) is 18.2 Å². The van der Waals surface area contributed by atoms with Crippen molar-refractivity contribution in [3.8, 4) is 11.5 Å². The van der Waals surface area contributed by atoms with Crippen LogP contribution in [0.5, 0.6) is 11.5 Å². The van der Waals surface area contributed by atoms with Crippen molar-refractivity contribution in [3.05, 3.63) is 23.8 Å². The lowest BCUT2D eigenvalue weighted by Crippen LogP contribution is -2.18. The molecule has 0 aliphatic heterocycles. The number of hydrogen-bond donors (Lipinski definition) is 0. The van der Waals surface area contributed by atoms with Crippen molar-refractivity contribution in [2.75, 3.05) is 6.61 Å². The summed E-state index contributed by atoms with van der Waals surface area (Å²) in [4.78, 5) is 10.6. The summed E-state index contributed by atoms with van der Waals surface area (Å²) in [7, 11) is 0. The predicted molar refractivity (Wildman–Crippen MR) is 66.6 cm³/mol. The molecular formula is C12H12BrF3O3. The van der Waals surface area contributed by atoms with Gasteiger partial charge in [-0.3, -0.25) is 4.79 Å². The quantitative estimate of drug-likeness (QED) is 0.759. The molecule has 0 saturated heterocycles. The van der Waals surface area contributed by atoms with Gasteiger partial charge < -0.3 is 9.47 Å². The lowest BCUT2D eigenvalue weighted by atomic mass is 10.1. The van der Waals surface area contributed by atoms with Gasteiger partial charge in [-0.2, -0.15) is 0 Å². The molecular weight excluding hydrogens is 329 g/mol. The minimum atomic E-state index is -4.82. The molecule has 0 radical (unpaired) electrons. The summed E-state index contributed by atoms with van der Waals surface area (Å²) in [6, 6.07) is 4.02. The first-order valence-corrected chi connectivity index (χ1v) is 6.33. The van der Waals surface area contributed by atoms with Crippen LogP contribution in [0.1, 0.15) is 24.2 Å². The van der Waals surface area contributed by atoms with Gasteiger partial charge in [0.05, 0.1) is 6.61 Å². The van der Waals surface area contributed by atoms with Crippen LogP contribution in [0.25, 0.3) is 0 Å². The van der Waals surface area contributed by atoms with Crippen LogP contribution in [0.4, 0.5) is 13.2 Å². The molecule has 1 aromatic carbocycles. The first-order chi connectivity index (χ1) is 8.76. The first-order valence-electron chi connectivity index (χ1n) is 5.42. The molecule has 1 aromatic rings. The van der Waals surface area contributed by atoms with Gasteiger partial charge in [-0.05, 0) is 19.9 Å². The average molecular weight is 341 g/mol. The van der Waals surface area contributed by atoms with Gasteiger partial charge in [-0.15, -0.1) is 13.2 Å². The number of rotatable bonds is 5. The van der Waals surface area contributed by atoms with E-state index in [1.54, 1.807) is 6.92 Å². The second kappa shape index (κ2) is 6.27. The highest BCUT2D eigenvalue weighted by atomic mass is 79.9. The van der Waals surface area contributed by atoms with Gasteiger partial charge in [0.1, 0.15) is 10.6 Å². The number of ketones is 1. The maximum absolute atomic E-state index is 12.3. The number of hydrogen-bond acceptors (Lipinski definition) is 3. The topological polar surface area (TPSA) is 35.5 Å². The highest BCUT2D eigenvalue weighted by Gasteiger charge is 2.33. The molecule has 1 unspecified atom stereocenters. The molecule has 1 rings (SSSR count). The third kappa shape index (κ3) is 4.41. The summed E-state index contributed by atoms with van der Waals surface area (Å²) in [5.41, 5.74) is 0.302. The fraction of sp³-hybridized carbons (Fsp3) is 0.417. The predicted octanol–water partition coefficient (Wildman–Crippen LogP) is 4.01. The largest absolute Gasteiger partial charge is 0.573 e. The van der Waals surface area contributed by atoms with Gasteiger partial charge in [-0.1, -0.05) is 28.1 Å². The number of benzene rings is 1. The van der Waals surface area contributed by atoms with Crippen LogP contribution < -0.4 is 9.47 Å². The molecule has 0 amide bonds. The molecule has 0 aliphatic rings. The first kappa shape index (κ1) is 15.8. The molecule has 7 heteroatoms. The third-order valence-electron chi connectivity index (χ3n) is 2.15. The van der Waals surface area contributed by atoms with Gasteiger partial charge in [0.2, 0.25) is 0 Å². The van der Waals surface area contributed by atoms with Crippen molar-refractivity contribution in [2.45, 2.75) is 25.0 Å². The van der Waals surface area contributed by atoms with Crippen molar-refractivity contribution in [3.63, 3.8) is 0 Å². The zero-order valence-corrected chi connectivity index (χ0v) is 11.8. The van der Waals surface area contributed by atoms with E-state index in [0.717, 1.165) is 6.07 Å². The standard InChI is InChI=1S/C12H12BrF3O3/c1-3-18-11-8(10(13)7(2)17)5-4-6-9(11)19-12(14,15)16/h4-6,10H,3H2,1-2H3. The summed E-state index contributed by atoms with van der Waals surface area (Å²) in [5, 5.41) is 0. The van der Waals surface area contributed by atoms with Crippen molar-refractivity contribution >= 4 is 21.7 Å². The summed E-state index contributed by atoms with van der Waals surface area (Å²) >= 11 is 3.12. The zero-order valence-electron chi connectivity index (χ0n) is 10.3. The number of alkyl halides is 4. The van der Waals surface area contributed by atoms with E-state index in [1.165, 1.54) is 19.1 Å². The Morgan fingerprint density at radius 1 is 1.42 bits per heavy atom. The number of para-hydroxylation sites is 1. The lowest BCUT2D eigenvalue weighted by molar-refractivity contribution is -0.275. The minimum absolute atomic E-state index is 0.0839. The van der Waals surface area contributed by atoms with E-state index in [-0.39, 0.29) is 18.1 Å². The molecule has 106 valence electrons. The molecule has 0 spiro atoms. The molecule has 0 aliphatic carbocycles. The Morgan fingerprint density at radius 3 is 2.53 bits per heavy atom. The van der Waals surface area contributed by atoms with Gasteiger partial charge >= 0.3 is 6.36 Å². The van der Waals surface area contributed by atoms with E-state index in [2.05, 4.69) is 20.7 Å². The lowest BCUT2D eigenvalue weighted by Gasteiger charge is -2.18. The van der Waals surface area contributed by atoms with Crippen molar-refractivity contribution < 1.29 is 27.4 Å². The number of Topliss-reactive ketones (excluding diaryl/α,β-unsaturated/α-hetero) is 1. The Morgan fingerprint density at radius 2 is 2.05 bits per heavy atom. The SMILES string of the molecule is CCOc1c(OC(F)(F)F)cccc1C(Br)C(C)=O. The normalized spacial score (nSPS) is 12.9. The Labute approximate surface area is 116 Å². The molecule has 0 fully saturated rings. The summed E-state index contributed by atoms with van der Waals surface area (Å²) in [5.74, 6) is -0.790. The van der Waals surface area contributed by atoms with E-state index < -0.39 is 16.9 Å². The van der Waals surface area contributed by atoms with E-state index in [9.17, 15) is 18.0 Å². The van der Waals surface area contributed by atoms with Crippen molar-refractivity contribution in [1.29, 1.82) is 0 Å². The fourth-order valence-corrected chi connectivity index (χ4v) is 1.82. The van der Waals surface area contributed by atoms with E-state index in [4.69, 9.17) is 4.74 Å². The van der Waals surface area contributed by atoms with Crippen LogP contribution in [-0.2, 0) is 4.79 Å². The highest BCUT2D eigenvalue weighted by Crippen LogP contribution is 2.40. The number of carbonyl (C=O) groups excluding carboxylic acids is 1. The molecule has 0 heterocycles. The summed E-state index contributed by atoms with van der Waals surface area (Å²) in [6.07, 6.45) is -4.82.